The van der Waals surface area contributed by atoms with E-state index < -0.39 is 0 Å². The van der Waals surface area contributed by atoms with Gasteiger partial charge in [0.05, 0.1) is 23.8 Å². The number of aromatic nitrogens is 6. The summed E-state index contributed by atoms with van der Waals surface area (Å²) >= 11 is 0. The molecular weight excluding hydrogens is 500 g/mol. The van der Waals surface area contributed by atoms with E-state index in [1.54, 1.807) is 4.68 Å². The van der Waals surface area contributed by atoms with Crippen LogP contribution in [0.4, 0.5) is 5.95 Å². The van der Waals surface area contributed by atoms with Crippen molar-refractivity contribution in [3.05, 3.63) is 88.4 Å². The predicted molar refractivity (Wildman–Crippen MR) is 158 cm³/mol. The molecule has 5 aromatic rings. The molecule has 0 amide bonds. The van der Waals surface area contributed by atoms with Crippen molar-refractivity contribution in [1.82, 2.24) is 33.6 Å². The Bertz CT molecular complexity index is 1690. The molecular formula is C31H36N8O. The fourth-order valence-electron chi connectivity index (χ4n) is 6.11. The third kappa shape index (κ3) is 4.81. The Balaban J connectivity index is 1.45. The Morgan fingerprint density at radius 1 is 0.925 bits per heavy atom. The lowest BCUT2D eigenvalue weighted by Crippen LogP contribution is -2.35. The summed E-state index contributed by atoms with van der Waals surface area (Å²) in [5.41, 5.74) is 13.1. The minimum absolute atomic E-state index is 0.132. The van der Waals surface area contributed by atoms with Crippen molar-refractivity contribution in [2.45, 2.75) is 52.1 Å². The van der Waals surface area contributed by atoms with Crippen LogP contribution in [0.2, 0.25) is 0 Å². The van der Waals surface area contributed by atoms with Gasteiger partial charge in [0.25, 0.3) is 0 Å². The Morgan fingerprint density at radius 3 is 2.42 bits per heavy atom. The second kappa shape index (κ2) is 10.7. The van der Waals surface area contributed by atoms with Crippen LogP contribution in [0.5, 0.6) is 0 Å². The maximum Gasteiger partial charge on any atom is 0.353 e. The number of hydrogen-bond donors (Lipinski definition) is 1. The first-order valence-corrected chi connectivity index (χ1v) is 14.1. The smallest absolute Gasteiger partial charge is 0.353 e. The van der Waals surface area contributed by atoms with Gasteiger partial charge in [-0.2, -0.15) is 0 Å². The van der Waals surface area contributed by atoms with E-state index in [0.29, 0.717) is 23.9 Å². The largest absolute Gasteiger partial charge is 0.369 e. The van der Waals surface area contributed by atoms with Gasteiger partial charge in [-0.05, 0) is 63.1 Å². The first kappa shape index (κ1) is 26.0. The van der Waals surface area contributed by atoms with Gasteiger partial charge in [-0.1, -0.05) is 43.2 Å². The van der Waals surface area contributed by atoms with Crippen LogP contribution >= 0.6 is 0 Å². The molecule has 2 N–H and O–H groups in total. The van der Waals surface area contributed by atoms with Crippen LogP contribution in [0.1, 0.15) is 48.8 Å². The Labute approximate surface area is 233 Å². The van der Waals surface area contributed by atoms with Gasteiger partial charge in [0.2, 0.25) is 5.95 Å². The van der Waals surface area contributed by atoms with Crippen molar-refractivity contribution in [1.29, 1.82) is 0 Å². The average Bonchev–Trinajstić information content (AvgIpc) is 3.41. The van der Waals surface area contributed by atoms with E-state index in [2.05, 4.69) is 39.8 Å². The Hall–Kier alpha value is -4.24. The van der Waals surface area contributed by atoms with Crippen LogP contribution < -0.4 is 11.4 Å². The van der Waals surface area contributed by atoms with Crippen LogP contribution in [0.3, 0.4) is 0 Å². The highest BCUT2D eigenvalue weighted by Gasteiger charge is 2.26. The number of pyridine rings is 1. The first-order valence-electron chi connectivity index (χ1n) is 14.1. The lowest BCUT2D eigenvalue weighted by atomic mass is 9.99. The number of nitrogens with zero attached hydrogens (tertiary/aromatic N) is 7. The minimum atomic E-state index is -0.270. The molecule has 9 heteroatoms. The molecule has 40 heavy (non-hydrogen) atoms. The highest BCUT2D eigenvalue weighted by atomic mass is 16.2. The van der Waals surface area contributed by atoms with Gasteiger partial charge in [0, 0.05) is 42.4 Å². The molecule has 9 nitrogen and oxygen atoms in total. The quantitative estimate of drug-likeness (QED) is 0.336. The van der Waals surface area contributed by atoms with Gasteiger partial charge in [0.1, 0.15) is 0 Å². The van der Waals surface area contributed by atoms with Crippen LogP contribution in [-0.4, -0.2) is 46.7 Å². The fraction of sp³-hybridized carbons (Fsp3) is 0.355. The van der Waals surface area contributed by atoms with Gasteiger partial charge < -0.3 is 10.3 Å². The van der Waals surface area contributed by atoms with Gasteiger partial charge in [-0.15, -0.1) is 5.10 Å². The summed E-state index contributed by atoms with van der Waals surface area (Å²) in [4.78, 5) is 25.5. The number of likely N-dealkylation sites (tertiary alicyclic amines) is 1. The van der Waals surface area contributed by atoms with E-state index >= 15 is 0 Å². The Kier molecular flexibility index (Phi) is 6.98. The number of benzene rings is 1. The van der Waals surface area contributed by atoms with Crippen molar-refractivity contribution < 1.29 is 0 Å². The van der Waals surface area contributed by atoms with Crippen molar-refractivity contribution in [3.8, 4) is 22.4 Å². The van der Waals surface area contributed by atoms with Crippen molar-refractivity contribution in [2.24, 2.45) is 7.05 Å². The standard InChI is InChI=1S/C31H36N8O/c1-21-19-24(20-22(2)33-21)27-28(23-11-6-4-7-12-23)34-30(32)39-29(27)35-38(31(39)40)18-17-37-16-9-5-8-13-26(37)25-14-10-15-36(25)3/h4,6-7,10-12,14-15,19-20,26H,5,8-9,13,16-18H2,1-3H3,(H2,32,34). The highest BCUT2D eigenvalue weighted by molar-refractivity contribution is 5.90. The number of fused-ring (bicyclic) bond motifs is 1. The zero-order valence-electron chi connectivity index (χ0n) is 23.4. The van der Waals surface area contributed by atoms with E-state index in [-0.39, 0.29) is 11.6 Å². The third-order valence-corrected chi connectivity index (χ3v) is 7.96. The van der Waals surface area contributed by atoms with Gasteiger partial charge in [-0.25, -0.2) is 18.9 Å². The summed E-state index contributed by atoms with van der Waals surface area (Å²) in [5, 5.41) is 4.90. The van der Waals surface area contributed by atoms with E-state index in [9.17, 15) is 4.79 Å². The molecule has 0 saturated carbocycles. The van der Waals surface area contributed by atoms with Gasteiger partial charge >= 0.3 is 5.69 Å². The number of rotatable bonds is 6. The van der Waals surface area contributed by atoms with Crippen molar-refractivity contribution in [3.63, 3.8) is 0 Å². The average molecular weight is 537 g/mol. The van der Waals surface area contributed by atoms with Crippen LogP contribution in [-0.2, 0) is 13.6 Å². The summed E-state index contributed by atoms with van der Waals surface area (Å²) < 4.78 is 5.21. The maximum absolute atomic E-state index is 13.7. The molecule has 0 bridgehead atoms. The molecule has 1 aliphatic rings. The zero-order chi connectivity index (χ0) is 27.8. The summed E-state index contributed by atoms with van der Waals surface area (Å²) in [5.74, 6) is 0.132. The molecule has 206 valence electrons. The molecule has 1 aromatic carbocycles. The van der Waals surface area contributed by atoms with Gasteiger partial charge in [0.15, 0.2) is 5.65 Å². The predicted octanol–water partition coefficient (Wildman–Crippen LogP) is 4.77. The molecule has 0 radical (unpaired) electrons. The fourth-order valence-corrected chi connectivity index (χ4v) is 6.11. The normalized spacial score (nSPS) is 16.4. The van der Waals surface area contributed by atoms with E-state index in [0.717, 1.165) is 54.0 Å². The second-order valence-electron chi connectivity index (χ2n) is 10.8. The molecule has 1 saturated heterocycles. The zero-order valence-corrected chi connectivity index (χ0v) is 23.4. The molecule has 1 fully saturated rings. The maximum atomic E-state index is 13.7. The monoisotopic (exact) mass is 536 g/mol. The molecule has 4 aromatic heterocycles. The summed E-state index contributed by atoms with van der Waals surface area (Å²) in [6.45, 7) is 6.13. The summed E-state index contributed by atoms with van der Waals surface area (Å²) in [6, 6.07) is 18.6. The number of anilines is 1. The molecule has 5 heterocycles. The van der Waals surface area contributed by atoms with E-state index in [1.165, 1.54) is 22.9 Å². The number of hydrogen-bond acceptors (Lipinski definition) is 6. The lowest BCUT2D eigenvalue weighted by molar-refractivity contribution is 0.184. The molecule has 0 spiro atoms. The van der Waals surface area contributed by atoms with E-state index in [1.807, 2.05) is 56.3 Å². The topological polar surface area (TPSA) is 99.3 Å². The van der Waals surface area contributed by atoms with Crippen molar-refractivity contribution >= 4 is 11.6 Å². The number of aryl methyl sites for hydroxylation is 3. The lowest BCUT2D eigenvalue weighted by Gasteiger charge is -2.30. The molecule has 1 atom stereocenters. The molecule has 1 aliphatic heterocycles. The van der Waals surface area contributed by atoms with Crippen LogP contribution in [0, 0.1) is 13.8 Å². The van der Waals surface area contributed by atoms with Crippen LogP contribution in [0.15, 0.2) is 65.6 Å². The molecule has 6 rings (SSSR count). The second-order valence-corrected chi connectivity index (χ2v) is 10.8. The molecule has 0 aliphatic carbocycles. The van der Waals surface area contributed by atoms with Crippen molar-refractivity contribution in [2.75, 3.05) is 18.8 Å². The number of nitrogen functional groups attached to an aromatic ring is 1. The number of nitrogens with two attached hydrogens (primary N) is 1. The summed E-state index contributed by atoms with van der Waals surface area (Å²) in [6.07, 6.45) is 6.81. The third-order valence-electron chi connectivity index (χ3n) is 7.96. The molecule has 1 unspecified atom stereocenters. The first-order chi connectivity index (χ1) is 19.4. The SMILES string of the molecule is Cc1cc(-c2c(-c3ccccc3)nc(N)n3c(=O)n(CCN4CCCCCC4c4cccn4C)nc23)cc(C)n1. The van der Waals surface area contributed by atoms with Gasteiger partial charge in [-0.3, -0.25) is 9.88 Å². The summed E-state index contributed by atoms with van der Waals surface area (Å²) in [7, 11) is 2.11. The van der Waals surface area contributed by atoms with Crippen LogP contribution in [0.25, 0.3) is 28.0 Å². The van der Waals surface area contributed by atoms with E-state index in [4.69, 9.17) is 15.8 Å². The Morgan fingerprint density at radius 2 is 1.70 bits per heavy atom. The minimum Gasteiger partial charge on any atom is -0.369 e. The highest BCUT2D eigenvalue weighted by Crippen LogP contribution is 2.35.